The maximum atomic E-state index is 12.8. The zero-order valence-corrected chi connectivity index (χ0v) is 24.5. The van der Waals surface area contributed by atoms with Gasteiger partial charge in [-0.15, -0.1) is 5.10 Å². The molecule has 0 saturated carbocycles. The second-order valence-corrected chi connectivity index (χ2v) is 11.3. The Morgan fingerprint density at radius 1 is 1.07 bits per heavy atom. The molecule has 2 heterocycles. The molecule has 1 saturated heterocycles. The Labute approximate surface area is 251 Å². The van der Waals surface area contributed by atoms with Crippen molar-refractivity contribution in [2.24, 2.45) is 4.99 Å². The highest BCUT2D eigenvalue weighted by atomic mass is 32.2. The van der Waals surface area contributed by atoms with Gasteiger partial charge in [0.25, 0.3) is 0 Å². The van der Waals surface area contributed by atoms with Crippen LogP contribution in [0.5, 0.6) is 0 Å². The van der Waals surface area contributed by atoms with Gasteiger partial charge in [-0.1, -0.05) is 67.6 Å². The Kier molecular flexibility index (Phi) is 8.67. The van der Waals surface area contributed by atoms with Gasteiger partial charge in [0, 0.05) is 12.1 Å². The summed E-state index contributed by atoms with van der Waals surface area (Å²) in [7, 11) is 0. The molecular formula is C31H29F3N6O2S. The van der Waals surface area contributed by atoms with Crippen LogP contribution in [-0.2, 0) is 17.4 Å². The summed E-state index contributed by atoms with van der Waals surface area (Å²) in [4.78, 5) is 35.4. The lowest BCUT2D eigenvalue weighted by molar-refractivity contribution is -0.137. The van der Waals surface area contributed by atoms with E-state index in [-0.39, 0.29) is 17.6 Å². The molecule has 0 aliphatic carbocycles. The van der Waals surface area contributed by atoms with Crippen molar-refractivity contribution in [1.82, 2.24) is 20.1 Å². The van der Waals surface area contributed by atoms with E-state index in [1.165, 1.54) is 39.8 Å². The van der Waals surface area contributed by atoms with E-state index in [0.29, 0.717) is 29.6 Å². The van der Waals surface area contributed by atoms with Crippen molar-refractivity contribution in [3.8, 4) is 17.1 Å². The van der Waals surface area contributed by atoms with Crippen molar-refractivity contribution < 1.29 is 22.8 Å². The first-order valence-corrected chi connectivity index (χ1v) is 14.6. The van der Waals surface area contributed by atoms with Gasteiger partial charge in [0.1, 0.15) is 6.33 Å². The van der Waals surface area contributed by atoms with E-state index in [4.69, 9.17) is 0 Å². The number of amides is 3. The first-order valence-electron chi connectivity index (χ1n) is 13.6. The smallest absolute Gasteiger partial charge is 0.336 e. The molecule has 0 spiro atoms. The van der Waals surface area contributed by atoms with E-state index in [1.54, 1.807) is 0 Å². The number of benzene rings is 3. The molecule has 4 aromatic rings. The molecule has 0 unspecified atom stereocenters. The SMILES string of the molecule is Cc1ccc(N2C(=O)CS/C2=N\C(=O)NCCc2ccc(-c3ncn(-c4ccc(C(F)(F)F)cc4)n3)cc2)c(C(C)C)c1. The number of aryl methyl sites for hydroxylation is 1. The Bertz CT molecular complexity index is 1660. The van der Waals surface area contributed by atoms with Crippen molar-refractivity contribution in [3.05, 3.63) is 95.3 Å². The highest BCUT2D eigenvalue weighted by Crippen LogP contribution is 2.34. The molecule has 3 aromatic carbocycles. The number of rotatable bonds is 7. The standard InChI is InChI=1S/C31H29F3N6O2S/c1-19(2)25-16-20(3)4-13-26(25)40-27(41)17-43-30(40)37-29(42)35-15-14-21-5-7-22(8-6-21)28-36-18-39(38-28)24-11-9-23(10-12-24)31(32,33)34/h4-13,16,18-19H,14-15,17H2,1-3H3,(H,35,42)/b37-30-. The molecule has 1 aliphatic heterocycles. The maximum Gasteiger partial charge on any atom is 0.416 e. The summed E-state index contributed by atoms with van der Waals surface area (Å²) in [6.45, 7) is 6.47. The highest BCUT2D eigenvalue weighted by molar-refractivity contribution is 8.15. The first kappa shape index (κ1) is 30.0. The lowest BCUT2D eigenvalue weighted by Gasteiger charge is -2.22. The number of aromatic nitrogens is 3. The van der Waals surface area contributed by atoms with E-state index in [0.717, 1.165) is 40.1 Å². The summed E-state index contributed by atoms with van der Waals surface area (Å²) in [5.74, 6) is 0.737. The van der Waals surface area contributed by atoms with Gasteiger partial charge in [-0.25, -0.2) is 14.5 Å². The Balaban J connectivity index is 1.18. The lowest BCUT2D eigenvalue weighted by atomic mass is 9.98. The van der Waals surface area contributed by atoms with Crippen LogP contribution in [0.4, 0.5) is 23.7 Å². The first-order chi connectivity index (χ1) is 20.5. The van der Waals surface area contributed by atoms with Gasteiger partial charge < -0.3 is 5.32 Å². The number of aliphatic imine (C=N–C) groups is 1. The van der Waals surface area contributed by atoms with E-state index in [2.05, 4.69) is 40.3 Å². The molecule has 1 aliphatic rings. The second-order valence-electron chi connectivity index (χ2n) is 10.4. The number of carbonyl (C=O) groups excluding carboxylic acids is 2. The number of halogens is 3. The summed E-state index contributed by atoms with van der Waals surface area (Å²) in [6, 6.07) is 17.6. The van der Waals surface area contributed by atoms with Crippen LogP contribution in [0.15, 0.2) is 78.0 Å². The van der Waals surface area contributed by atoms with Crippen molar-refractivity contribution in [2.75, 3.05) is 17.2 Å². The van der Waals surface area contributed by atoms with Crippen LogP contribution < -0.4 is 10.2 Å². The van der Waals surface area contributed by atoms with Crippen LogP contribution in [-0.4, -0.2) is 44.2 Å². The van der Waals surface area contributed by atoms with Crippen molar-refractivity contribution in [2.45, 2.75) is 39.3 Å². The summed E-state index contributed by atoms with van der Waals surface area (Å²) in [5, 5.41) is 7.54. The number of anilines is 1. The quantitative estimate of drug-likeness (QED) is 0.251. The minimum Gasteiger partial charge on any atom is -0.336 e. The summed E-state index contributed by atoms with van der Waals surface area (Å²) in [5.41, 5.74) is 4.31. The topological polar surface area (TPSA) is 92.5 Å². The zero-order valence-electron chi connectivity index (χ0n) is 23.7. The molecule has 3 amide bonds. The van der Waals surface area contributed by atoms with Crippen LogP contribution in [0.2, 0.25) is 0 Å². The average Bonchev–Trinajstić information content (AvgIpc) is 3.60. The minimum absolute atomic E-state index is 0.110. The summed E-state index contributed by atoms with van der Waals surface area (Å²) >= 11 is 1.24. The number of nitrogens with one attached hydrogen (secondary N) is 1. The van der Waals surface area contributed by atoms with E-state index < -0.39 is 17.8 Å². The molecule has 222 valence electrons. The predicted molar refractivity (Wildman–Crippen MR) is 162 cm³/mol. The normalized spacial score (nSPS) is 14.6. The van der Waals surface area contributed by atoms with Crippen LogP contribution in [0.3, 0.4) is 0 Å². The van der Waals surface area contributed by atoms with Crippen LogP contribution in [0, 0.1) is 6.92 Å². The molecule has 0 radical (unpaired) electrons. The van der Waals surface area contributed by atoms with Crippen LogP contribution >= 0.6 is 11.8 Å². The fourth-order valence-electron chi connectivity index (χ4n) is 4.61. The van der Waals surface area contributed by atoms with Gasteiger partial charge in [0.05, 0.1) is 22.7 Å². The Morgan fingerprint density at radius 3 is 2.47 bits per heavy atom. The maximum absolute atomic E-state index is 12.8. The highest BCUT2D eigenvalue weighted by Gasteiger charge is 2.32. The minimum atomic E-state index is -4.40. The van der Waals surface area contributed by atoms with Gasteiger partial charge >= 0.3 is 12.2 Å². The summed E-state index contributed by atoms with van der Waals surface area (Å²) in [6.07, 6.45) is -2.40. The van der Waals surface area contributed by atoms with Crippen LogP contribution in [0.1, 0.15) is 42.0 Å². The second kappa shape index (κ2) is 12.4. The Hall–Kier alpha value is -4.45. The number of nitrogens with zero attached hydrogens (tertiary/aromatic N) is 5. The number of thioether (sulfide) groups is 1. The molecular weight excluding hydrogens is 577 g/mol. The average molecular weight is 607 g/mol. The van der Waals surface area contributed by atoms with Crippen LogP contribution in [0.25, 0.3) is 17.1 Å². The van der Waals surface area contributed by atoms with E-state index in [1.807, 2.05) is 43.3 Å². The van der Waals surface area contributed by atoms with Gasteiger partial charge in [0.15, 0.2) is 11.0 Å². The monoisotopic (exact) mass is 606 g/mol. The third-order valence-electron chi connectivity index (χ3n) is 6.86. The molecule has 43 heavy (non-hydrogen) atoms. The van der Waals surface area contributed by atoms with Crippen molar-refractivity contribution in [1.29, 1.82) is 0 Å². The number of urea groups is 1. The Morgan fingerprint density at radius 2 is 1.79 bits per heavy atom. The number of amidine groups is 1. The van der Waals surface area contributed by atoms with Crippen molar-refractivity contribution >= 4 is 34.6 Å². The number of alkyl halides is 3. The molecule has 1 N–H and O–H groups in total. The molecule has 0 bridgehead atoms. The van der Waals surface area contributed by atoms with Gasteiger partial charge in [-0.05, 0) is 60.7 Å². The fraction of sp³-hybridized carbons (Fsp3) is 0.258. The largest absolute Gasteiger partial charge is 0.416 e. The third kappa shape index (κ3) is 6.96. The molecule has 12 heteroatoms. The third-order valence-corrected chi connectivity index (χ3v) is 7.78. The molecule has 8 nitrogen and oxygen atoms in total. The van der Waals surface area contributed by atoms with Gasteiger partial charge in [-0.2, -0.15) is 18.2 Å². The molecule has 1 fully saturated rings. The number of hydrogen-bond acceptors (Lipinski definition) is 5. The van der Waals surface area contributed by atoms with Crippen molar-refractivity contribution in [3.63, 3.8) is 0 Å². The molecule has 5 rings (SSSR count). The van der Waals surface area contributed by atoms with Gasteiger partial charge in [-0.3, -0.25) is 9.69 Å². The number of hydrogen-bond donors (Lipinski definition) is 1. The number of carbonyl (C=O) groups is 2. The van der Waals surface area contributed by atoms with Gasteiger partial charge in [0.2, 0.25) is 5.91 Å². The lowest BCUT2D eigenvalue weighted by Crippen LogP contribution is -2.32. The molecule has 1 aromatic heterocycles. The summed E-state index contributed by atoms with van der Waals surface area (Å²) < 4.78 is 39.9. The predicted octanol–water partition coefficient (Wildman–Crippen LogP) is 6.77. The fourth-order valence-corrected chi connectivity index (χ4v) is 5.46. The molecule has 0 atom stereocenters. The zero-order chi connectivity index (χ0) is 30.7. The van der Waals surface area contributed by atoms with E-state index in [9.17, 15) is 22.8 Å². The van der Waals surface area contributed by atoms with E-state index >= 15 is 0 Å².